The minimum atomic E-state index is -0.221. The zero-order valence-electron chi connectivity index (χ0n) is 5.03. The number of nitrogens with one attached hydrogen (secondary N) is 1. The maximum absolute atomic E-state index is 10.4. The molecule has 9 heavy (non-hydrogen) atoms. The summed E-state index contributed by atoms with van der Waals surface area (Å²) in [4.78, 5) is 13.9. The molecule has 0 fully saturated rings. The summed E-state index contributed by atoms with van der Waals surface area (Å²) >= 11 is 0. The standard InChI is InChI=1S/C5H7N3O/c1-6-8-3-2-5(9)7-4-8/h2-4,6H,1H3. The molecule has 1 N–H and O–H groups in total. The molecule has 0 atom stereocenters. The third kappa shape index (κ3) is 1.28. The summed E-state index contributed by atoms with van der Waals surface area (Å²) in [5.74, 6) is 0. The molecular formula is C5H7N3O. The molecule has 0 radical (unpaired) electrons. The fourth-order valence-corrected chi connectivity index (χ4v) is 0.477. The van der Waals surface area contributed by atoms with Gasteiger partial charge in [0.15, 0.2) is 0 Å². The third-order valence-electron chi connectivity index (χ3n) is 0.945. The van der Waals surface area contributed by atoms with E-state index in [-0.39, 0.29) is 5.56 Å². The number of hydrogen-bond acceptors (Lipinski definition) is 3. The molecule has 0 unspecified atom stereocenters. The van der Waals surface area contributed by atoms with Crippen molar-refractivity contribution in [3.8, 4) is 0 Å². The Hall–Kier alpha value is -1.32. The fraction of sp³-hybridized carbons (Fsp3) is 0.200. The molecule has 0 aliphatic carbocycles. The highest BCUT2D eigenvalue weighted by Crippen LogP contribution is 1.70. The lowest BCUT2D eigenvalue weighted by molar-refractivity contribution is 0.864. The first kappa shape index (κ1) is 5.81. The molecule has 0 bridgehead atoms. The molecule has 0 saturated carbocycles. The maximum atomic E-state index is 10.4. The Balaban J connectivity index is 3.02. The summed E-state index contributed by atoms with van der Waals surface area (Å²) in [5, 5.41) is 0. The molecule has 1 aromatic rings. The Morgan fingerprint density at radius 2 is 2.56 bits per heavy atom. The van der Waals surface area contributed by atoms with Crippen molar-refractivity contribution in [2.75, 3.05) is 12.5 Å². The number of rotatable bonds is 1. The van der Waals surface area contributed by atoms with E-state index in [9.17, 15) is 4.79 Å². The zero-order valence-corrected chi connectivity index (χ0v) is 5.03. The van der Waals surface area contributed by atoms with Crippen LogP contribution in [-0.2, 0) is 0 Å². The lowest BCUT2D eigenvalue weighted by Crippen LogP contribution is -2.14. The molecule has 4 heteroatoms. The monoisotopic (exact) mass is 125 g/mol. The maximum Gasteiger partial charge on any atom is 0.272 e. The van der Waals surface area contributed by atoms with Gasteiger partial charge >= 0.3 is 0 Å². The number of aromatic nitrogens is 2. The topological polar surface area (TPSA) is 46.9 Å². The molecule has 0 aliphatic rings. The number of hydrogen-bond donors (Lipinski definition) is 1. The van der Waals surface area contributed by atoms with Crippen LogP contribution in [0.4, 0.5) is 0 Å². The Bertz CT molecular complexity index is 222. The SMILES string of the molecule is CNn1ccc(=O)nc1. The molecule has 1 rings (SSSR count). The zero-order chi connectivity index (χ0) is 6.69. The summed E-state index contributed by atoms with van der Waals surface area (Å²) in [6.45, 7) is 0. The normalized spacial score (nSPS) is 9.00. The van der Waals surface area contributed by atoms with Crippen LogP contribution >= 0.6 is 0 Å². The molecule has 0 spiro atoms. The number of nitrogens with zero attached hydrogens (tertiary/aromatic N) is 2. The minimum absolute atomic E-state index is 0.221. The van der Waals surface area contributed by atoms with Crippen molar-refractivity contribution in [1.82, 2.24) is 9.66 Å². The van der Waals surface area contributed by atoms with Crippen molar-refractivity contribution in [3.63, 3.8) is 0 Å². The second-order valence-corrected chi connectivity index (χ2v) is 1.53. The second kappa shape index (κ2) is 2.30. The quantitative estimate of drug-likeness (QED) is 0.546. The Morgan fingerprint density at radius 3 is 3.00 bits per heavy atom. The van der Waals surface area contributed by atoms with E-state index in [2.05, 4.69) is 10.4 Å². The van der Waals surface area contributed by atoms with Crippen molar-refractivity contribution in [2.24, 2.45) is 0 Å². The highest BCUT2D eigenvalue weighted by atomic mass is 16.1. The van der Waals surface area contributed by atoms with Crippen molar-refractivity contribution in [3.05, 3.63) is 28.9 Å². The Kier molecular flexibility index (Phi) is 1.48. The first-order valence-electron chi connectivity index (χ1n) is 2.55. The van der Waals surface area contributed by atoms with Gasteiger partial charge in [0, 0.05) is 19.3 Å². The highest BCUT2D eigenvalue weighted by molar-refractivity contribution is 4.83. The Morgan fingerprint density at radius 1 is 1.78 bits per heavy atom. The summed E-state index contributed by atoms with van der Waals surface area (Å²) in [5.41, 5.74) is 2.55. The van der Waals surface area contributed by atoms with Gasteiger partial charge in [0.05, 0.1) is 0 Å². The molecule has 0 aliphatic heterocycles. The lowest BCUT2D eigenvalue weighted by Gasteiger charge is -1.99. The molecule has 1 aromatic heterocycles. The van der Waals surface area contributed by atoms with E-state index in [4.69, 9.17) is 0 Å². The first-order chi connectivity index (χ1) is 4.33. The average molecular weight is 125 g/mol. The summed E-state index contributed by atoms with van der Waals surface area (Å²) in [6, 6.07) is 1.39. The molecule has 0 saturated heterocycles. The van der Waals surface area contributed by atoms with Crippen LogP contribution in [0.1, 0.15) is 0 Å². The molecule has 1 heterocycles. The predicted octanol–water partition coefficient (Wildman–Crippen LogP) is -0.583. The van der Waals surface area contributed by atoms with E-state index in [1.807, 2.05) is 0 Å². The van der Waals surface area contributed by atoms with Gasteiger partial charge in [-0.25, -0.2) is 0 Å². The van der Waals surface area contributed by atoms with Gasteiger partial charge in [-0.1, -0.05) is 0 Å². The Labute approximate surface area is 52.1 Å². The summed E-state index contributed by atoms with van der Waals surface area (Å²) in [6.07, 6.45) is 3.03. The van der Waals surface area contributed by atoms with Gasteiger partial charge in [-0.3, -0.25) is 9.47 Å². The van der Waals surface area contributed by atoms with Gasteiger partial charge in [0.2, 0.25) is 0 Å². The van der Waals surface area contributed by atoms with Gasteiger partial charge in [-0.15, -0.1) is 0 Å². The van der Waals surface area contributed by atoms with Crippen molar-refractivity contribution in [2.45, 2.75) is 0 Å². The van der Waals surface area contributed by atoms with Gasteiger partial charge < -0.3 is 5.43 Å². The van der Waals surface area contributed by atoms with Gasteiger partial charge in [-0.05, 0) is 0 Å². The molecule has 4 nitrogen and oxygen atoms in total. The predicted molar refractivity (Wildman–Crippen MR) is 33.8 cm³/mol. The second-order valence-electron chi connectivity index (χ2n) is 1.53. The van der Waals surface area contributed by atoms with Crippen LogP contribution in [-0.4, -0.2) is 16.7 Å². The van der Waals surface area contributed by atoms with Crippen LogP contribution in [0.3, 0.4) is 0 Å². The van der Waals surface area contributed by atoms with Crippen LogP contribution < -0.4 is 11.0 Å². The first-order valence-corrected chi connectivity index (χ1v) is 2.55. The smallest absolute Gasteiger partial charge is 0.272 e. The van der Waals surface area contributed by atoms with Crippen molar-refractivity contribution >= 4 is 0 Å². The molecular weight excluding hydrogens is 118 g/mol. The fourth-order valence-electron chi connectivity index (χ4n) is 0.477. The van der Waals surface area contributed by atoms with Crippen LogP contribution in [0.25, 0.3) is 0 Å². The van der Waals surface area contributed by atoms with Crippen molar-refractivity contribution < 1.29 is 0 Å². The molecule has 0 amide bonds. The highest BCUT2D eigenvalue weighted by Gasteiger charge is 1.81. The van der Waals surface area contributed by atoms with E-state index in [0.29, 0.717) is 0 Å². The lowest BCUT2D eigenvalue weighted by atomic mass is 10.7. The average Bonchev–Trinajstić information content (AvgIpc) is 1.90. The largest absolute Gasteiger partial charge is 0.328 e. The van der Waals surface area contributed by atoms with Crippen LogP contribution in [0.15, 0.2) is 23.4 Å². The summed E-state index contributed by atoms with van der Waals surface area (Å²) < 4.78 is 1.58. The van der Waals surface area contributed by atoms with E-state index in [0.717, 1.165) is 0 Å². The minimum Gasteiger partial charge on any atom is -0.328 e. The van der Waals surface area contributed by atoms with E-state index >= 15 is 0 Å². The summed E-state index contributed by atoms with van der Waals surface area (Å²) in [7, 11) is 1.74. The third-order valence-corrected chi connectivity index (χ3v) is 0.945. The van der Waals surface area contributed by atoms with Crippen LogP contribution in [0.2, 0.25) is 0 Å². The van der Waals surface area contributed by atoms with E-state index in [1.165, 1.54) is 12.4 Å². The van der Waals surface area contributed by atoms with Gasteiger partial charge in [0.1, 0.15) is 6.33 Å². The van der Waals surface area contributed by atoms with Gasteiger partial charge in [0.25, 0.3) is 5.56 Å². The van der Waals surface area contributed by atoms with E-state index in [1.54, 1.807) is 17.9 Å². The van der Waals surface area contributed by atoms with Crippen molar-refractivity contribution in [1.29, 1.82) is 0 Å². The molecule has 0 aromatic carbocycles. The van der Waals surface area contributed by atoms with Crippen LogP contribution in [0, 0.1) is 0 Å². The molecule has 48 valence electrons. The van der Waals surface area contributed by atoms with Crippen LogP contribution in [0.5, 0.6) is 0 Å². The van der Waals surface area contributed by atoms with Gasteiger partial charge in [-0.2, -0.15) is 4.98 Å². The van der Waals surface area contributed by atoms with E-state index < -0.39 is 0 Å².